The molecule has 3 unspecified atom stereocenters. The molecule has 7 heteroatoms. The highest BCUT2D eigenvalue weighted by Gasteiger charge is 2.30. The fourth-order valence-corrected chi connectivity index (χ4v) is 4.29. The van der Waals surface area contributed by atoms with Crippen LogP contribution in [-0.4, -0.2) is 19.4 Å². The van der Waals surface area contributed by atoms with E-state index < -0.39 is 10.0 Å². The minimum atomic E-state index is -3.66. The van der Waals surface area contributed by atoms with Gasteiger partial charge >= 0.3 is 0 Å². The molecule has 1 aromatic rings. The van der Waals surface area contributed by atoms with E-state index in [0.717, 1.165) is 19.3 Å². The molecule has 1 saturated carbocycles. The predicted octanol–water partition coefficient (Wildman–Crippen LogP) is 1.47. The molecule has 1 heterocycles. The first-order valence-electron chi connectivity index (χ1n) is 6.88. The smallest absolute Gasteiger partial charge is 0.260 e. The maximum atomic E-state index is 12.4. The molecule has 1 aliphatic carbocycles. The lowest BCUT2D eigenvalue weighted by Crippen LogP contribution is -2.42. The monoisotopic (exact) mass is 298 g/mol. The number of nitrogen functional groups attached to an aromatic ring is 1. The fourth-order valence-electron chi connectivity index (χ4n) is 2.81. The third kappa shape index (κ3) is 3.28. The Bertz CT molecular complexity index is 561. The van der Waals surface area contributed by atoms with Gasteiger partial charge in [0.1, 0.15) is 0 Å². The topological polar surface area (TPSA) is 97.1 Å². The number of nitrogens with two attached hydrogens (primary N) is 1. The molecule has 0 spiro atoms. The van der Waals surface area contributed by atoms with Crippen molar-refractivity contribution in [3.8, 4) is 0 Å². The second-order valence-corrected chi connectivity index (χ2v) is 7.25. The third-order valence-corrected chi connectivity index (χ3v) is 5.37. The van der Waals surface area contributed by atoms with Crippen LogP contribution in [0.25, 0.3) is 0 Å². The number of nitrogens with one attached hydrogen (secondary N) is 2. The Hall–Kier alpha value is -1.18. The lowest BCUT2D eigenvalue weighted by atomic mass is 9.80. The van der Waals surface area contributed by atoms with E-state index >= 15 is 0 Å². The summed E-state index contributed by atoms with van der Waals surface area (Å²) in [4.78, 5) is 3.93. The van der Waals surface area contributed by atoms with Crippen molar-refractivity contribution in [2.75, 3.05) is 5.43 Å². The molecule has 3 atom stereocenters. The summed E-state index contributed by atoms with van der Waals surface area (Å²) in [6, 6.07) is 3.19. The van der Waals surface area contributed by atoms with Gasteiger partial charge in [0.25, 0.3) is 10.0 Å². The van der Waals surface area contributed by atoms with Gasteiger partial charge in [0.2, 0.25) is 0 Å². The van der Waals surface area contributed by atoms with Gasteiger partial charge in [-0.1, -0.05) is 13.8 Å². The van der Waals surface area contributed by atoms with Crippen LogP contribution in [0.5, 0.6) is 0 Å². The van der Waals surface area contributed by atoms with Gasteiger partial charge in [-0.3, -0.25) is 5.84 Å². The van der Waals surface area contributed by atoms with E-state index in [4.69, 9.17) is 5.84 Å². The normalized spacial score (nSPS) is 27.2. The maximum absolute atomic E-state index is 12.4. The Morgan fingerprint density at radius 1 is 1.35 bits per heavy atom. The van der Waals surface area contributed by atoms with Crippen LogP contribution in [0.4, 0.5) is 5.69 Å². The minimum Gasteiger partial charge on any atom is -0.321 e. The van der Waals surface area contributed by atoms with E-state index in [0.29, 0.717) is 17.5 Å². The van der Waals surface area contributed by atoms with Crippen LogP contribution < -0.4 is 16.0 Å². The van der Waals surface area contributed by atoms with Crippen molar-refractivity contribution in [1.82, 2.24) is 9.71 Å². The van der Waals surface area contributed by atoms with Gasteiger partial charge in [0.05, 0.1) is 5.69 Å². The number of hydrazine groups is 1. The van der Waals surface area contributed by atoms with Crippen LogP contribution in [0.15, 0.2) is 23.4 Å². The van der Waals surface area contributed by atoms with Crippen LogP contribution in [0.3, 0.4) is 0 Å². The van der Waals surface area contributed by atoms with E-state index in [-0.39, 0.29) is 11.1 Å². The first-order valence-corrected chi connectivity index (χ1v) is 8.36. The summed E-state index contributed by atoms with van der Waals surface area (Å²) in [6.07, 6.45) is 4.39. The number of hydrogen-bond acceptors (Lipinski definition) is 5. The molecule has 0 aromatic carbocycles. The van der Waals surface area contributed by atoms with Gasteiger partial charge in [-0.05, 0) is 43.2 Å². The molecular weight excluding hydrogens is 276 g/mol. The summed E-state index contributed by atoms with van der Waals surface area (Å²) < 4.78 is 27.6. The highest BCUT2D eigenvalue weighted by Crippen LogP contribution is 2.30. The second-order valence-electron chi connectivity index (χ2n) is 5.62. The van der Waals surface area contributed by atoms with Crippen LogP contribution in [-0.2, 0) is 10.0 Å². The third-order valence-electron chi connectivity index (χ3n) is 3.92. The predicted molar refractivity (Wildman–Crippen MR) is 78.3 cm³/mol. The molecule has 20 heavy (non-hydrogen) atoms. The number of sulfonamides is 1. The van der Waals surface area contributed by atoms with E-state index in [1.165, 1.54) is 6.20 Å². The highest BCUT2D eigenvalue weighted by molar-refractivity contribution is 7.89. The van der Waals surface area contributed by atoms with Crippen molar-refractivity contribution in [3.05, 3.63) is 18.3 Å². The molecule has 2 rings (SSSR count). The zero-order valence-corrected chi connectivity index (χ0v) is 12.7. The number of aromatic nitrogens is 1. The molecule has 0 aliphatic heterocycles. The lowest BCUT2D eigenvalue weighted by Gasteiger charge is -2.32. The van der Waals surface area contributed by atoms with Gasteiger partial charge in [-0.2, -0.15) is 0 Å². The SMILES string of the molecule is CC1CCC(NS(=O)(=O)c2ncccc2NN)C(C)C1. The Labute approximate surface area is 120 Å². The fraction of sp³-hybridized carbons (Fsp3) is 0.615. The average Bonchev–Trinajstić information content (AvgIpc) is 2.42. The van der Waals surface area contributed by atoms with E-state index in [1.54, 1.807) is 12.1 Å². The number of nitrogens with zero attached hydrogens (tertiary/aromatic N) is 1. The zero-order valence-electron chi connectivity index (χ0n) is 11.8. The molecule has 112 valence electrons. The van der Waals surface area contributed by atoms with Crippen molar-refractivity contribution >= 4 is 15.7 Å². The van der Waals surface area contributed by atoms with Gasteiger partial charge in [0, 0.05) is 12.2 Å². The molecule has 4 N–H and O–H groups in total. The van der Waals surface area contributed by atoms with Crippen LogP contribution >= 0.6 is 0 Å². The molecule has 0 saturated heterocycles. The van der Waals surface area contributed by atoms with E-state index in [2.05, 4.69) is 29.0 Å². The molecule has 1 aliphatic rings. The number of hydrogen-bond donors (Lipinski definition) is 3. The van der Waals surface area contributed by atoms with Crippen molar-refractivity contribution in [1.29, 1.82) is 0 Å². The summed E-state index contributed by atoms with van der Waals surface area (Å²) in [6.45, 7) is 4.29. The van der Waals surface area contributed by atoms with E-state index in [9.17, 15) is 8.42 Å². The van der Waals surface area contributed by atoms with Crippen LogP contribution in [0.2, 0.25) is 0 Å². The summed E-state index contributed by atoms with van der Waals surface area (Å²) >= 11 is 0. The first-order chi connectivity index (χ1) is 9.44. The molecule has 0 bridgehead atoms. The number of pyridine rings is 1. The largest absolute Gasteiger partial charge is 0.321 e. The Kier molecular flexibility index (Phi) is 4.62. The first kappa shape index (κ1) is 15.2. The molecule has 6 nitrogen and oxygen atoms in total. The average molecular weight is 298 g/mol. The van der Waals surface area contributed by atoms with Crippen molar-refractivity contribution in [3.63, 3.8) is 0 Å². The highest BCUT2D eigenvalue weighted by atomic mass is 32.2. The lowest BCUT2D eigenvalue weighted by molar-refractivity contribution is 0.249. The summed E-state index contributed by atoms with van der Waals surface area (Å²) in [5, 5.41) is -0.0479. The van der Waals surface area contributed by atoms with Gasteiger partial charge in [0.15, 0.2) is 5.03 Å². The van der Waals surface area contributed by atoms with E-state index in [1.807, 2.05) is 0 Å². The molecule has 0 radical (unpaired) electrons. The van der Waals surface area contributed by atoms with Crippen LogP contribution in [0, 0.1) is 11.8 Å². The summed E-state index contributed by atoms with van der Waals surface area (Å²) in [5.74, 6) is 6.32. The number of rotatable bonds is 4. The standard InChI is InChI=1S/C13H22N4O2S/c1-9-5-6-11(10(2)8-9)17-20(18,19)13-12(16-14)4-3-7-15-13/h3-4,7,9-11,16-17H,5-6,8,14H2,1-2H3. The van der Waals surface area contributed by atoms with Crippen molar-refractivity contribution < 1.29 is 8.42 Å². The maximum Gasteiger partial charge on any atom is 0.260 e. The van der Waals surface area contributed by atoms with Crippen molar-refractivity contribution in [2.24, 2.45) is 17.7 Å². The minimum absolute atomic E-state index is 0.0381. The zero-order chi connectivity index (χ0) is 14.8. The second kappa shape index (κ2) is 6.07. The molecule has 0 amide bonds. The summed E-state index contributed by atoms with van der Waals surface area (Å²) in [5.41, 5.74) is 2.68. The van der Waals surface area contributed by atoms with Gasteiger partial charge < -0.3 is 5.43 Å². The molecule has 1 aromatic heterocycles. The Balaban J connectivity index is 2.19. The molecular formula is C13H22N4O2S. The van der Waals surface area contributed by atoms with Gasteiger partial charge in [-0.25, -0.2) is 18.1 Å². The summed E-state index contributed by atoms with van der Waals surface area (Å²) in [7, 11) is -3.66. The number of anilines is 1. The van der Waals surface area contributed by atoms with Crippen molar-refractivity contribution in [2.45, 2.75) is 44.2 Å². The molecule has 1 fully saturated rings. The quantitative estimate of drug-likeness (QED) is 0.578. The van der Waals surface area contributed by atoms with Crippen LogP contribution in [0.1, 0.15) is 33.1 Å². The Morgan fingerprint density at radius 2 is 2.10 bits per heavy atom. The van der Waals surface area contributed by atoms with Gasteiger partial charge in [-0.15, -0.1) is 0 Å². The Morgan fingerprint density at radius 3 is 2.75 bits per heavy atom.